The third kappa shape index (κ3) is 6.98. The third-order valence-corrected chi connectivity index (χ3v) is 2.27. The van der Waals surface area contributed by atoms with Crippen LogP contribution in [0.1, 0.15) is 18.9 Å². The molecule has 0 amide bonds. The Morgan fingerprint density at radius 3 is 2.75 bits per heavy atom. The normalized spacial score (nSPS) is 11.2. The Morgan fingerprint density at radius 2 is 2.10 bits per heavy atom. The van der Waals surface area contributed by atoms with Crippen molar-refractivity contribution in [1.29, 1.82) is 0 Å². The largest absolute Gasteiger partial charge is 0.573 e. The maximum absolute atomic E-state index is 12.1. The predicted molar refractivity (Wildman–Crippen MR) is 66.1 cm³/mol. The third-order valence-electron chi connectivity index (χ3n) is 2.27. The van der Waals surface area contributed by atoms with Crippen molar-refractivity contribution in [3.8, 4) is 5.75 Å². The SMILES string of the molecule is CCOC(=O)CCNCc1cccc(OC(F)(F)F)c1. The van der Waals surface area contributed by atoms with Gasteiger partial charge in [-0.15, -0.1) is 13.2 Å². The van der Waals surface area contributed by atoms with Gasteiger partial charge in [0, 0.05) is 13.1 Å². The summed E-state index contributed by atoms with van der Waals surface area (Å²) in [7, 11) is 0. The van der Waals surface area contributed by atoms with E-state index >= 15 is 0 Å². The fourth-order valence-corrected chi connectivity index (χ4v) is 1.51. The number of nitrogens with one attached hydrogen (secondary N) is 1. The van der Waals surface area contributed by atoms with Gasteiger partial charge in [0.15, 0.2) is 0 Å². The van der Waals surface area contributed by atoms with E-state index in [1.165, 1.54) is 18.2 Å². The number of halogens is 3. The summed E-state index contributed by atoms with van der Waals surface area (Å²) in [5, 5.41) is 2.94. The number of alkyl halides is 3. The molecule has 20 heavy (non-hydrogen) atoms. The van der Waals surface area contributed by atoms with Gasteiger partial charge in [-0.05, 0) is 24.6 Å². The van der Waals surface area contributed by atoms with Gasteiger partial charge in [-0.3, -0.25) is 4.79 Å². The van der Waals surface area contributed by atoms with E-state index < -0.39 is 6.36 Å². The van der Waals surface area contributed by atoms with Gasteiger partial charge in [0.1, 0.15) is 5.75 Å². The van der Waals surface area contributed by atoms with E-state index in [1.807, 2.05) is 0 Å². The maximum Gasteiger partial charge on any atom is 0.573 e. The number of rotatable bonds is 7. The van der Waals surface area contributed by atoms with Crippen LogP contribution in [0.3, 0.4) is 0 Å². The lowest BCUT2D eigenvalue weighted by Crippen LogP contribution is -2.19. The predicted octanol–water partition coefficient (Wildman–Crippen LogP) is 2.63. The average Bonchev–Trinajstić information content (AvgIpc) is 2.33. The first-order chi connectivity index (χ1) is 9.40. The Hall–Kier alpha value is -1.76. The lowest BCUT2D eigenvalue weighted by Gasteiger charge is -2.10. The summed E-state index contributed by atoms with van der Waals surface area (Å²) in [6.07, 6.45) is -4.48. The molecule has 0 aliphatic heterocycles. The molecule has 1 aromatic carbocycles. The maximum atomic E-state index is 12.1. The molecule has 1 rings (SSSR count). The summed E-state index contributed by atoms with van der Waals surface area (Å²) in [6.45, 7) is 2.78. The molecule has 0 aliphatic rings. The zero-order valence-corrected chi connectivity index (χ0v) is 11.0. The molecular weight excluding hydrogens is 275 g/mol. The van der Waals surface area contributed by atoms with E-state index in [9.17, 15) is 18.0 Å². The quantitative estimate of drug-likeness (QED) is 0.619. The highest BCUT2D eigenvalue weighted by atomic mass is 19.4. The summed E-state index contributed by atoms with van der Waals surface area (Å²) >= 11 is 0. The molecule has 0 aliphatic carbocycles. The van der Waals surface area contributed by atoms with Gasteiger partial charge in [-0.1, -0.05) is 12.1 Å². The summed E-state index contributed by atoms with van der Waals surface area (Å²) in [4.78, 5) is 11.1. The molecule has 0 unspecified atom stereocenters. The molecule has 4 nitrogen and oxygen atoms in total. The number of ether oxygens (including phenoxy) is 2. The van der Waals surface area contributed by atoms with E-state index in [4.69, 9.17) is 4.74 Å². The average molecular weight is 291 g/mol. The lowest BCUT2D eigenvalue weighted by molar-refractivity contribution is -0.274. The second-order valence-electron chi connectivity index (χ2n) is 3.93. The number of hydrogen-bond donors (Lipinski definition) is 1. The molecule has 0 heterocycles. The zero-order chi connectivity index (χ0) is 15.0. The van der Waals surface area contributed by atoms with E-state index in [2.05, 4.69) is 10.1 Å². The molecule has 112 valence electrons. The molecule has 1 N–H and O–H groups in total. The number of benzene rings is 1. The topological polar surface area (TPSA) is 47.6 Å². The molecular formula is C13H16F3NO3. The van der Waals surface area contributed by atoms with E-state index in [0.29, 0.717) is 25.3 Å². The summed E-state index contributed by atoms with van der Waals surface area (Å²) < 4.78 is 44.7. The molecule has 0 saturated heterocycles. The fraction of sp³-hybridized carbons (Fsp3) is 0.462. The Morgan fingerprint density at radius 1 is 1.35 bits per heavy atom. The first-order valence-electron chi connectivity index (χ1n) is 6.11. The van der Waals surface area contributed by atoms with Crippen molar-refractivity contribution in [3.05, 3.63) is 29.8 Å². The number of carbonyl (C=O) groups is 1. The lowest BCUT2D eigenvalue weighted by atomic mass is 10.2. The summed E-state index contributed by atoms with van der Waals surface area (Å²) in [6, 6.07) is 5.67. The fourth-order valence-electron chi connectivity index (χ4n) is 1.51. The highest BCUT2D eigenvalue weighted by molar-refractivity contribution is 5.69. The number of carbonyl (C=O) groups excluding carboxylic acids is 1. The van der Waals surface area contributed by atoms with Crippen LogP contribution in [-0.4, -0.2) is 25.5 Å². The van der Waals surface area contributed by atoms with Crippen LogP contribution in [0, 0.1) is 0 Å². The Balaban J connectivity index is 2.37. The van der Waals surface area contributed by atoms with Crippen LogP contribution in [-0.2, 0) is 16.1 Å². The highest BCUT2D eigenvalue weighted by Gasteiger charge is 2.31. The molecule has 0 aromatic heterocycles. The summed E-state index contributed by atoms with van der Waals surface area (Å²) in [5.41, 5.74) is 0.635. The van der Waals surface area contributed by atoms with Crippen LogP contribution in [0.5, 0.6) is 5.75 Å². The molecule has 0 atom stereocenters. The van der Waals surface area contributed by atoms with Crippen molar-refractivity contribution in [2.45, 2.75) is 26.3 Å². The van der Waals surface area contributed by atoms with Crippen molar-refractivity contribution < 1.29 is 27.4 Å². The van der Waals surface area contributed by atoms with Gasteiger partial charge in [0.05, 0.1) is 13.0 Å². The van der Waals surface area contributed by atoms with Crippen LogP contribution in [0.25, 0.3) is 0 Å². The minimum atomic E-state index is -4.70. The Labute approximate surface area is 114 Å². The van der Waals surface area contributed by atoms with Crippen molar-refractivity contribution in [3.63, 3.8) is 0 Å². The minimum absolute atomic E-state index is 0.215. The van der Waals surface area contributed by atoms with Gasteiger partial charge in [-0.25, -0.2) is 0 Å². The van der Waals surface area contributed by atoms with Crippen molar-refractivity contribution >= 4 is 5.97 Å². The molecule has 0 bridgehead atoms. The second-order valence-corrected chi connectivity index (χ2v) is 3.93. The van der Waals surface area contributed by atoms with Crippen LogP contribution in [0.15, 0.2) is 24.3 Å². The number of hydrogen-bond acceptors (Lipinski definition) is 4. The zero-order valence-electron chi connectivity index (χ0n) is 11.0. The highest BCUT2D eigenvalue weighted by Crippen LogP contribution is 2.23. The number of esters is 1. The van der Waals surface area contributed by atoms with Gasteiger partial charge in [0.25, 0.3) is 0 Å². The van der Waals surface area contributed by atoms with E-state index in [-0.39, 0.29) is 18.1 Å². The monoisotopic (exact) mass is 291 g/mol. The van der Waals surface area contributed by atoms with E-state index in [0.717, 1.165) is 0 Å². The molecule has 0 radical (unpaired) electrons. The Bertz CT molecular complexity index is 435. The van der Waals surface area contributed by atoms with Crippen LogP contribution in [0.4, 0.5) is 13.2 Å². The second kappa shape index (κ2) is 7.74. The molecule has 0 saturated carbocycles. The van der Waals surface area contributed by atoms with Gasteiger partial charge >= 0.3 is 12.3 Å². The Kier molecular flexibility index (Phi) is 6.30. The standard InChI is InChI=1S/C13H16F3NO3/c1-2-19-12(18)6-7-17-9-10-4-3-5-11(8-10)20-13(14,15)16/h3-5,8,17H,2,6-7,9H2,1H3. The van der Waals surface area contributed by atoms with Crippen LogP contribution < -0.4 is 10.1 Å². The molecule has 1 aromatic rings. The smallest absolute Gasteiger partial charge is 0.466 e. The minimum Gasteiger partial charge on any atom is -0.466 e. The van der Waals surface area contributed by atoms with Crippen molar-refractivity contribution in [2.24, 2.45) is 0 Å². The van der Waals surface area contributed by atoms with Crippen molar-refractivity contribution in [1.82, 2.24) is 5.32 Å². The van der Waals surface area contributed by atoms with Crippen LogP contribution >= 0.6 is 0 Å². The van der Waals surface area contributed by atoms with Crippen molar-refractivity contribution in [2.75, 3.05) is 13.2 Å². The first-order valence-corrected chi connectivity index (χ1v) is 6.11. The van der Waals surface area contributed by atoms with E-state index in [1.54, 1.807) is 13.0 Å². The molecule has 0 spiro atoms. The van der Waals surface area contributed by atoms with Gasteiger partial charge in [-0.2, -0.15) is 0 Å². The van der Waals surface area contributed by atoms with Crippen LogP contribution in [0.2, 0.25) is 0 Å². The first kappa shape index (κ1) is 16.3. The molecule has 7 heteroatoms. The van der Waals surface area contributed by atoms with Gasteiger partial charge < -0.3 is 14.8 Å². The summed E-state index contributed by atoms with van der Waals surface area (Å²) in [5.74, 6) is -0.573. The molecule has 0 fully saturated rings. The van der Waals surface area contributed by atoms with Gasteiger partial charge in [0.2, 0.25) is 0 Å².